The van der Waals surface area contributed by atoms with Crippen LogP contribution in [0.1, 0.15) is 113 Å². The molecule has 0 radical (unpaired) electrons. The van der Waals surface area contributed by atoms with Crippen LogP contribution in [0.4, 0.5) is 0 Å². The predicted octanol–water partition coefficient (Wildman–Crippen LogP) is 7.62. The molecule has 122 valence electrons. The van der Waals surface area contributed by atoms with E-state index in [0.717, 1.165) is 5.92 Å². The first-order chi connectivity index (χ1) is 9.21. The largest absolute Gasteiger partial charge is 0.0654 e. The van der Waals surface area contributed by atoms with E-state index in [2.05, 4.69) is 48.5 Å². The maximum absolute atomic E-state index is 2.47. The van der Waals surface area contributed by atoms with Gasteiger partial charge in [-0.15, -0.1) is 0 Å². The first-order valence-corrected chi connectivity index (χ1v) is 9.21. The Balaban J connectivity index is 3.74. The molecule has 0 aromatic rings. The molecule has 0 atom stereocenters. The zero-order chi connectivity index (χ0) is 15.6. The van der Waals surface area contributed by atoms with Crippen molar-refractivity contribution in [1.82, 2.24) is 0 Å². The smallest absolute Gasteiger partial charge is 0.0331 e. The van der Waals surface area contributed by atoms with Gasteiger partial charge in [-0.25, -0.2) is 0 Å². The van der Waals surface area contributed by atoms with Gasteiger partial charge in [-0.1, -0.05) is 93.4 Å². The summed E-state index contributed by atoms with van der Waals surface area (Å²) in [5.74, 6) is 0.796. The van der Waals surface area contributed by atoms with Crippen molar-refractivity contribution in [1.29, 1.82) is 0 Å². The lowest BCUT2D eigenvalue weighted by molar-refractivity contribution is 0.198. The third kappa shape index (κ3) is 9.83. The molecule has 0 aliphatic carbocycles. The summed E-state index contributed by atoms with van der Waals surface area (Å²) in [6.07, 6.45) is 14.2. The fourth-order valence-corrected chi connectivity index (χ4v) is 2.82. The second-order valence-electron chi connectivity index (χ2n) is 8.68. The molecule has 0 aliphatic rings. The van der Waals surface area contributed by atoms with Crippen LogP contribution in [0.2, 0.25) is 0 Å². The molecular formula is C20H42. The Morgan fingerprint density at radius 3 is 1.70 bits per heavy atom. The summed E-state index contributed by atoms with van der Waals surface area (Å²) < 4.78 is 0. The van der Waals surface area contributed by atoms with Crippen LogP contribution in [0.15, 0.2) is 0 Å². The van der Waals surface area contributed by atoms with E-state index >= 15 is 0 Å². The Bertz CT molecular complexity index is 222. The van der Waals surface area contributed by atoms with Crippen molar-refractivity contribution in [3.8, 4) is 0 Å². The van der Waals surface area contributed by atoms with E-state index < -0.39 is 0 Å². The van der Waals surface area contributed by atoms with Gasteiger partial charge in [0.15, 0.2) is 0 Å². The number of unbranched alkanes of at least 4 members (excludes halogenated alkanes) is 5. The van der Waals surface area contributed by atoms with Gasteiger partial charge in [0.1, 0.15) is 0 Å². The highest BCUT2D eigenvalue weighted by Gasteiger charge is 2.24. The second-order valence-corrected chi connectivity index (χ2v) is 8.68. The highest BCUT2D eigenvalue weighted by atomic mass is 14.3. The Morgan fingerprint density at radius 2 is 1.15 bits per heavy atom. The lowest BCUT2D eigenvalue weighted by Gasteiger charge is -2.31. The van der Waals surface area contributed by atoms with Crippen molar-refractivity contribution in [2.24, 2.45) is 16.7 Å². The first kappa shape index (κ1) is 20.0. The summed E-state index contributed by atoms with van der Waals surface area (Å²) in [4.78, 5) is 0. The molecule has 0 amide bonds. The molecule has 0 saturated carbocycles. The molecule has 0 nitrogen and oxygen atoms in total. The summed E-state index contributed by atoms with van der Waals surface area (Å²) in [5.41, 5.74) is 1.06. The second kappa shape index (κ2) is 9.85. The molecule has 0 unspecified atom stereocenters. The molecule has 0 aliphatic heterocycles. The van der Waals surface area contributed by atoms with Crippen molar-refractivity contribution >= 4 is 0 Å². The van der Waals surface area contributed by atoms with Crippen LogP contribution >= 0.6 is 0 Å². The molecule has 0 aromatic carbocycles. The van der Waals surface area contributed by atoms with Gasteiger partial charge in [0, 0.05) is 0 Å². The summed E-state index contributed by atoms with van der Waals surface area (Å²) in [6, 6.07) is 0. The van der Waals surface area contributed by atoms with Crippen LogP contribution in [-0.4, -0.2) is 0 Å². The molecule has 0 N–H and O–H groups in total. The Kier molecular flexibility index (Phi) is 9.85. The minimum Gasteiger partial charge on any atom is -0.0654 e. The Labute approximate surface area is 130 Å². The predicted molar refractivity (Wildman–Crippen MR) is 94.2 cm³/mol. The highest BCUT2D eigenvalue weighted by molar-refractivity contribution is 4.75. The van der Waals surface area contributed by atoms with Gasteiger partial charge in [0.2, 0.25) is 0 Å². The van der Waals surface area contributed by atoms with Crippen molar-refractivity contribution in [3.05, 3.63) is 0 Å². The first-order valence-electron chi connectivity index (χ1n) is 9.21. The van der Waals surface area contributed by atoms with E-state index in [0.29, 0.717) is 10.8 Å². The zero-order valence-electron chi connectivity index (χ0n) is 15.6. The van der Waals surface area contributed by atoms with Crippen LogP contribution in [0.5, 0.6) is 0 Å². The Morgan fingerprint density at radius 1 is 0.650 bits per heavy atom. The molecule has 0 bridgehead atoms. The van der Waals surface area contributed by atoms with Gasteiger partial charge in [0.05, 0.1) is 0 Å². The van der Waals surface area contributed by atoms with E-state index in [1.54, 1.807) is 0 Å². The van der Waals surface area contributed by atoms with Crippen molar-refractivity contribution in [2.45, 2.75) is 113 Å². The Hall–Kier alpha value is 0. The van der Waals surface area contributed by atoms with Gasteiger partial charge < -0.3 is 0 Å². The van der Waals surface area contributed by atoms with Crippen LogP contribution in [-0.2, 0) is 0 Å². The molecule has 0 heterocycles. The van der Waals surface area contributed by atoms with Crippen molar-refractivity contribution < 1.29 is 0 Å². The number of rotatable bonds is 12. The van der Waals surface area contributed by atoms with E-state index in [1.165, 1.54) is 64.2 Å². The molecule has 0 saturated heterocycles. The van der Waals surface area contributed by atoms with Gasteiger partial charge in [0.25, 0.3) is 0 Å². The molecule has 0 rings (SSSR count). The summed E-state index contributed by atoms with van der Waals surface area (Å²) in [5, 5.41) is 0. The molecule has 0 spiro atoms. The van der Waals surface area contributed by atoms with Gasteiger partial charge in [-0.2, -0.15) is 0 Å². The van der Waals surface area contributed by atoms with Crippen molar-refractivity contribution in [3.63, 3.8) is 0 Å². The highest BCUT2D eigenvalue weighted by Crippen LogP contribution is 2.36. The quantitative estimate of drug-likeness (QED) is 0.323. The molecule has 20 heavy (non-hydrogen) atoms. The summed E-state index contributed by atoms with van der Waals surface area (Å²) >= 11 is 0. The minimum absolute atomic E-state index is 0.510. The standard InChI is InChI=1S/C20H42/c1-8-9-10-11-12-13-15-19(4,5)16-14-17-20(6,7)18(2)3/h18H,8-17H2,1-7H3. The maximum atomic E-state index is 2.47. The van der Waals surface area contributed by atoms with Crippen molar-refractivity contribution in [2.75, 3.05) is 0 Å². The normalized spacial score (nSPS) is 13.2. The SMILES string of the molecule is CCCCCCCCC(C)(C)CCCC(C)(C)C(C)C. The molecule has 0 heteroatoms. The molecule has 0 aromatic heterocycles. The van der Waals surface area contributed by atoms with Gasteiger partial charge >= 0.3 is 0 Å². The lowest BCUT2D eigenvalue weighted by atomic mass is 9.74. The van der Waals surface area contributed by atoms with E-state index in [4.69, 9.17) is 0 Å². The van der Waals surface area contributed by atoms with Gasteiger partial charge in [-0.05, 0) is 36.0 Å². The van der Waals surface area contributed by atoms with E-state index in [9.17, 15) is 0 Å². The third-order valence-electron chi connectivity index (χ3n) is 5.44. The lowest BCUT2D eigenvalue weighted by Crippen LogP contribution is -2.20. The molecule has 0 fully saturated rings. The number of hydrogen-bond acceptors (Lipinski definition) is 0. The topological polar surface area (TPSA) is 0 Å². The third-order valence-corrected chi connectivity index (χ3v) is 5.44. The monoisotopic (exact) mass is 282 g/mol. The fourth-order valence-electron chi connectivity index (χ4n) is 2.82. The molecular weight excluding hydrogens is 240 g/mol. The van der Waals surface area contributed by atoms with Gasteiger partial charge in [-0.3, -0.25) is 0 Å². The summed E-state index contributed by atoms with van der Waals surface area (Å²) in [7, 11) is 0. The van der Waals surface area contributed by atoms with Crippen LogP contribution in [0.25, 0.3) is 0 Å². The average molecular weight is 283 g/mol. The summed E-state index contributed by atoms with van der Waals surface area (Å²) in [6.45, 7) is 16.8. The minimum atomic E-state index is 0.510. The van der Waals surface area contributed by atoms with Crippen LogP contribution < -0.4 is 0 Å². The average Bonchev–Trinajstić information content (AvgIpc) is 2.32. The maximum Gasteiger partial charge on any atom is -0.0331 e. The van der Waals surface area contributed by atoms with Crippen LogP contribution in [0, 0.1) is 16.7 Å². The van der Waals surface area contributed by atoms with Crippen LogP contribution in [0.3, 0.4) is 0 Å². The van der Waals surface area contributed by atoms with E-state index in [-0.39, 0.29) is 0 Å². The van der Waals surface area contributed by atoms with E-state index in [1.807, 2.05) is 0 Å². The zero-order valence-corrected chi connectivity index (χ0v) is 15.6. The number of hydrogen-bond donors (Lipinski definition) is 0. The fraction of sp³-hybridized carbons (Fsp3) is 1.00.